The Kier molecular flexibility index (Phi) is 4.51. The Morgan fingerprint density at radius 1 is 1.30 bits per heavy atom. The summed E-state index contributed by atoms with van der Waals surface area (Å²) in [6, 6.07) is 5.37. The number of carbonyl (C=O) groups excluding carboxylic acids is 2. The van der Waals surface area contributed by atoms with Crippen molar-refractivity contribution in [3.8, 4) is 0 Å². The van der Waals surface area contributed by atoms with Gasteiger partial charge in [-0.1, -0.05) is 0 Å². The van der Waals surface area contributed by atoms with E-state index in [1.807, 2.05) is 21.7 Å². The van der Waals surface area contributed by atoms with Gasteiger partial charge in [0.15, 0.2) is 11.9 Å². The summed E-state index contributed by atoms with van der Waals surface area (Å²) in [5, 5.41) is 3.80. The third kappa shape index (κ3) is 3.03. The Morgan fingerprint density at radius 3 is 2.65 bits per heavy atom. The zero-order valence-electron chi connectivity index (χ0n) is 12.6. The van der Waals surface area contributed by atoms with Gasteiger partial charge in [-0.2, -0.15) is 11.3 Å². The summed E-state index contributed by atoms with van der Waals surface area (Å²) in [5.41, 5.74) is 6.57. The molecule has 3 rings (SSSR count). The lowest BCUT2D eigenvalue weighted by molar-refractivity contribution is -0.120. The zero-order chi connectivity index (χ0) is 16.3. The molecule has 120 valence electrons. The van der Waals surface area contributed by atoms with Crippen LogP contribution in [0, 0.1) is 0 Å². The summed E-state index contributed by atoms with van der Waals surface area (Å²) in [4.78, 5) is 31.7. The van der Waals surface area contributed by atoms with Crippen LogP contribution >= 0.6 is 11.3 Å². The van der Waals surface area contributed by atoms with E-state index in [4.69, 9.17) is 5.73 Å². The minimum absolute atomic E-state index is 0.0398. The lowest BCUT2D eigenvalue weighted by Crippen LogP contribution is -2.61. The van der Waals surface area contributed by atoms with Gasteiger partial charge >= 0.3 is 0 Å². The molecule has 1 atom stereocenters. The van der Waals surface area contributed by atoms with E-state index in [0.29, 0.717) is 31.7 Å². The summed E-state index contributed by atoms with van der Waals surface area (Å²) >= 11 is 1.51. The summed E-state index contributed by atoms with van der Waals surface area (Å²) in [7, 11) is 0. The molecular formula is C16H18N4O2S. The van der Waals surface area contributed by atoms with Crippen molar-refractivity contribution in [1.29, 1.82) is 0 Å². The Labute approximate surface area is 138 Å². The fourth-order valence-electron chi connectivity index (χ4n) is 2.77. The van der Waals surface area contributed by atoms with Gasteiger partial charge in [-0.3, -0.25) is 19.5 Å². The number of nitrogens with zero attached hydrogens (tertiary/aromatic N) is 3. The number of pyridine rings is 1. The first kappa shape index (κ1) is 15.8. The van der Waals surface area contributed by atoms with Crippen molar-refractivity contribution in [2.24, 2.45) is 5.73 Å². The van der Waals surface area contributed by atoms with Gasteiger partial charge < -0.3 is 10.6 Å². The van der Waals surface area contributed by atoms with Crippen molar-refractivity contribution in [2.75, 3.05) is 26.2 Å². The van der Waals surface area contributed by atoms with Crippen LogP contribution in [0.25, 0.3) is 0 Å². The smallest absolute Gasteiger partial charge is 0.255 e. The molecule has 1 amide bonds. The average Bonchev–Trinajstić information content (AvgIpc) is 3.16. The van der Waals surface area contributed by atoms with E-state index in [9.17, 15) is 9.59 Å². The average molecular weight is 330 g/mol. The number of aromatic nitrogens is 1. The summed E-state index contributed by atoms with van der Waals surface area (Å²) in [6.07, 6.45) is 3.99. The Hall–Kier alpha value is -2.09. The van der Waals surface area contributed by atoms with Crippen LogP contribution in [0.5, 0.6) is 0 Å². The largest absolute Gasteiger partial charge is 0.336 e. The number of rotatable bonds is 4. The van der Waals surface area contributed by atoms with Gasteiger partial charge in [0.05, 0.1) is 5.56 Å². The predicted molar refractivity (Wildman–Crippen MR) is 88.0 cm³/mol. The van der Waals surface area contributed by atoms with Gasteiger partial charge in [0.1, 0.15) is 0 Å². The molecule has 0 aliphatic carbocycles. The fourth-order valence-corrected chi connectivity index (χ4v) is 3.49. The molecule has 1 aliphatic heterocycles. The van der Waals surface area contributed by atoms with Crippen LogP contribution in [0.1, 0.15) is 15.9 Å². The highest BCUT2D eigenvalue weighted by Gasteiger charge is 2.37. The molecule has 23 heavy (non-hydrogen) atoms. The first-order valence-corrected chi connectivity index (χ1v) is 8.31. The predicted octanol–water partition coefficient (Wildman–Crippen LogP) is 0.911. The van der Waals surface area contributed by atoms with Crippen LogP contribution in [0.2, 0.25) is 0 Å². The number of hydrogen-bond acceptors (Lipinski definition) is 6. The van der Waals surface area contributed by atoms with Gasteiger partial charge in [-0.25, -0.2) is 0 Å². The molecule has 0 aromatic carbocycles. The molecule has 0 bridgehead atoms. The van der Waals surface area contributed by atoms with E-state index in [0.717, 1.165) is 11.8 Å². The lowest BCUT2D eigenvalue weighted by atomic mass is 10.0. The molecule has 1 saturated heterocycles. The van der Waals surface area contributed by atoms with Crippen molar-refractivity contribution < 1.29 is 9.59 Å². The summed E-state index contributed by atoms with van der Waals surface area (Å²) in [5.74, 6) is -0.0398. The Bertz CT molecular complexity index is 669. The van der Waals surface area contributed by atoms with Crippen LogP contribution in [0.4, 0.5) is 0 Å². The molecule has 0 spiro atoms. The molecule has 2 N–H and O–H groups in total. The number of amides is 1. The third-order valence-corrected chi connectivity index (χ3v) is 4.85. The standard InChI is InChI=1S/C16H18N4O2S/c17-16(12-21,14-3-9-23-11-14)20-7-5-19(6-8-20)15(22)13-2-1-4-18-10-13/h1-4,9-12H,5-8,17H2. The third-order valence-electron chi connectivity index (χ3n) is 4.16. The second kappa shape index (κ2) is 6.57. The number of nitrogens with two attached hydrogens (primary N) is 1. The number of thiophene rings is 1. The quantitative estimate of drug-likeness (QED) is 0.843. The van der Waals surface area contributed by atoms with E-state index >= 15 is 0 Å². The van der Waals surface area contributed by atoms with E-state index in [1.165, 1.54) is 11.3 Å². The summed E-state index contributed by atoms with van der Waals surface area (Å²) < 4.78 is 0. The Balaban J connectivity index is 1.69. The number of hydrogen-bond donors (Lipinski definition) is 1. The second-order valence-corrected chi connectivity index (χ2v) is 6.26. The molecular weight excluding hydrogens is 312 g/mol. The SMILES string of the molecule is NC(C=O)(c1ccsc1)N1CCN(C(=O)c2cccnc2)CC1. The van der Waals surface area contributed by atoms with Crippen molar-refractivity contribution in [1.82, 2.24) is 14.8 Å². The van der Waals surface area contributed by atoms with Crippen LogP contribution in [-0.2, 0) is 10.5 Å². The number of aldehydes is 1. The van der Waals surface area contributed by atoms with Crippen molar-refractivity contribution in [3.05, 3.63) is 52.5 Å². The maximum absolute atomic E-state index is 12.4. The fraction of sp³-hybridized carbons (Fsp3) is 0.312. The highest BCUT2D eigenvalue weighted by atomic mass is 32.1. The second-order valence-electron chi connectivity index (χ2n) is 5.48. The van der Waals surface area contributed by atoms with E-state index < -0.39 is 5.66 Å². The topological polar surface area (TPSA) is 79.5 Å². The highest BCUT2D eigenvalue weighted by molar-refractivity contribution is 7.08. The van der Waals surface area contributed by atoms with Gasteiger partial charge in [-0.15, -0.1) is 0 Å². The molecule has 1 aliphatic rings. The molecule has 0 radical (unpaired) electrons. The minimum atomic E-state index is -1.12. The van der Waals surface area contributed by atoms with Gasteiger partial charge in [0, 0.05) is 44.1 Å². The van der Waals surface area contributed by atoms with E-state index in [1.54, 1.807) is 29.4 Å². The monoisotopic (exact) mass is 330 g/mol. The molecule has 6 nitrogen and oxygen atoms in total. The summed E-state index contributed by atoms with van der Waals surface area (Å²) in [6.45, 7) is 2.17. The normalized spacial score (nSPS) is 18.4. The van der Waals surface area contributed by atoms with Crippen molar-refractivity contribution >= 4 is 23.5 Å². The van der Waals surface area contributed by atoms with Gasteiger partial charge in [-0.05, 0) is 29.0 Å². The zero-order valence-corrected chi connectivity index (χ0v) is 13.4. The molecule has 2 aromatic rings. The highest BCUT2D eigenvalue weighted by Crippen LogP contribution is 2.25. The van der Waals surface area contributed by atoms with E-state index in [2.05, 4.69) is 4.98 Å². The molecule has 1 fully saturated rings. The van der Waals surface area contributed by atoms with Gasteiger partial charge in [0.2, 0.25) is 0 Å². The minimum Gasteiger partial charge on any atom is -0.336 e. The number of carbonyl (C=O) groups is 2. The van der Waals surface area contributed by atoms with Crippen LogP contribution < -0.4 is 5.73 Å². The first-order valence-electron chi connectivity index (χ1n) is 7.37. The number of piperazine rings is 1. The van der Waals surface area contributed by atoms with Crippen LogP contribution in [0.3, 0.4) is 0 Å². The van der Waals surface area contributed by atoms with Crippen molar-refractivity contribution in [2.45, 2.75) is 5.66 Å². The molecule has 7 heteroatoms. The Morgan fingerprint density at radius 2 is 2.09 bits per heavy atom. The molecule has 3 heterocycles. The van der Waals surface area contributed by atoms with Gasteiger partial charge in [0.25, 0.3) is 5.91 Å². The maximum atomic E-state index is 12.4. The maximum Gasteiger partial charge on any atom is 0.255 e. The van der Waals surface area contributed by atoms with Crippen LogP contribution in [-0.4, -0.2) is 53.2 Å². The molecule has 0 saturated carbocycles. The molecule has 1 unspecified atom stereocenters. The first-order chi connectivity index (χ1) is 11.1. The molecule has 2 aromatic heterocycles. The van der Waals surface area contributed by atoms with E-state index in [-0.39, 0.29) is 5.91 Å². The van der Waals surface area contributed by atoms with Crippen LogP contribution in [0.15, 0.2) is 41.4 Å². The van der Waals surface area contributed by atoms with Crippen molar-refractivity contribution in [3.63, 3.8) is 0 Å². The lowest BCUT2D eigenvalue weighted by Gasteiger charge is -2.42.